The Balaban J connectivity index is 2.89. The number of hydrogen-bond donors (Lipinski definition) is 0. The molecular weight excluding hydrogens is 180 g/mol. The highest BCUT2D eigenvalue weighted by atomic mass is 16.1. The van der Waals surface area contributed by atoms with Crippen LogP contribution >= 0.6 is 0 Å². The number of fused-ring (bicyclic) bond motifs is 1. The lowest BCUT2D eigenvalue weighted by Gasteiger charge is -2.00. The standard InChI is InChI=1S/C10H7N2O2/c1-7-4-10(14)12-5-8(6-13)2-3-9(12)11-7/h2-5H,1H3. The van der Waals surface area contributed by atoms with E-state index >= 15 is 0 Å². The number of aryl methyl sites for hydroxylation is 1. The van der Waals surface area contributed by atoms with E-state index in [1.165, 1.54) is 16.7 Å². The number of nitrogens with zero attached hydrogens (tertiary/aromatic N) is 2. The van der Waals surface area contributed by atoms with Gasteiger partial charge in [0.25, 0.3) is 5.56 Å². The molecule has 2 aromatic heterocycles. The van der Waals surface area contributed by atoms with Crippen molar-refractivity contribution in [1.82, 2.24) is 9.38 Å². The minimum Gasteiger partial charge on any atom is -0.285 e. The molecule has 0 fully saturated rings. The largest absolute Gasteiger partial charge is 0.285 e. The summed E-state index contributed by atoms with van der Waals surface area (Å²) in [6.07, 6.45) is 3.15. The van der Waals surface area contributed by atoms with Crippen molar-refractivity contribution in [3.05, 3.63) is 46.0 Å². The normalized spacial score (nSPS) is 10.4. The molecule has 4 heteroatoms. The molecule has 4 nitrogen and oxygen atoms in total. The number of pyridine rings is 1. The van der Waals surface area contributed by atoms with Crippen LogP contribution in [0.4, 0.5) is 0 Å². The van der Waals surface area contributed by atoms with Crippen molar-refractivity contribution in [2.24, 2.45) is 0 Å². The molecule has 0 aliphatic heterocycles. The molecule has 0 aromatic carbocycles. The Kier molecular flexibility index (Phi) is 1.89. The minimum atomic E-state index is -0.190. The molecule has 2 heterocycles. The van der Waals surface area contributed by atoms with Crippen LogP contribution in [0.25, 0.3) is 5.65 Å². The van der Waals surface area contributed by atoms with Gasteiger partial charge in [-0.05, 0) is 19.1 Å². The molecule has 0 saturated heterocycles. The van der Waals surface area contributed by atoms with Gasteiger partial charge in [0.1, 0.15) is 5.65 Å². The third-order valence-electron chi connectivity index (χ3n) is 1.91. The van der Waals surface area contributed by atoms with E-state index in [0.717, 1.165) is 0 Å². The van der Waals surface area contributed by atoms with Crippen LogP contribution in [0, 0.1) is 6.92 Å². The summed E-state index contributed by atoms with van der Waals surface area (Å²) < 4.78 is 1.33. The lowest BCUT2D eigenvalue weighted by atomic mass is 10.3. The molecule has 0 spiro atoms. The monoisotopic (exact) mass is 187 g/mol. The van der Waals surface area contributed by atoms with Gasteiger partial charge in [0, 0.05) is 23.5 Å². The second-order valence-corrected chi connectivity index (χ2v) is 2.98. The summed E-state index contributed by atoms with van der Waals surface area (Å²) in [5, 5.41) is 0. The van der Waals surface area contributed by atoms with E-state index in [1.807, 2.05) is 0 Å². The van der Waals surface area contributed by atoms with Crippen LogP contribution in [0.1, 0.15) is 11.3 Å². The van der Waals surface area contributed by atoms with E-state index in [4.69, 9.17) is 0 Å². The van der Waals surface area contributed by atoms with Gasteiger partial charge in [-0.25, -0.2) is 4.98 Å². The smallest absolute Gasteiger partial charge is 0.258 e. The maximum atomic E-state index is 11.5. The molecule has 2 aromatic rings. The van der Waals surface area contributed by atoms with Gasteiger partial charge in [-0.3, -0.25) is 14.0 Å². The van der Waals surface area contributed by atoms with Crippen molar-refractivity contribution in [2.75, 3.05) is 0 Å². The average Bonchev–Trinajstić information content (AvgIpc) is 2.17. The predicted molar refractivity (Wildman–Crippen MR) is 51.0 cm³/mol. The summed E-state index contributed by atoms with van der Waals surface area (Å²) in [4.78, 5) is 26.0. The second kappa shape index (κ2) is 3.06. The molecule has 69 valence electrons. The molecule has 0 aliphatic rings. The Hall–Kier alpha value is -1.97. The first-order valence-corrected chi connectivity index (χ1v) is 4.09. The number of rotatable bonds is 1. The molecule has 1 radical (unpaired) electrons. The molecule has 2 rings (SSSR count). The van der Waals surface area contributed by atoms with Crippen molar-refractivity contribution in [2.45, 2.75) is 6.92 Å². The van der Waals surface area contributed by atoms with E-state index in [-0.39, 0.29) is 5.56 Å². The summed E-state index contributed by atoms with van der Waals surface area (Å²) in [6.45, 7) is 1.75. The van der Waals surface area contributed by atoms with Crippen molar-refractivity contribution < 1.29 is 4.79 Å². The fourth-order valence-electron chi connectivity index (χ4n) is 1.28. The van der Waals surface area contributed by atoms with E-state index in [1.54, 1.807) is 25.3 Å². The van der Waals surface area contributed by atoms with Crippen molar-refractivity contribution in [3.8, 4) is 0 Å². The average molecular weight is 187 g/mol. The summed E-state index contributed by atoms with van der Waals surface area (Å²) in [5.41, 5.74) is 1.35. The van der Waals surface area contributed by atoms with Crippen LogP contribution in [0.15, 0.2) is 29.2 Å². The van der Waals surface area contributed by atoms with Crippen LogP contribution in [0.3, 0.4) is 0 Å². The van der Waals surface area contributed by atoms with Crippen molar-refractivity contribution >= 4 is 11.9 Å². The third kappa shape index (κ3) is 1.31. The fourth-order valence-corrected chi connectivity index (χ4v) is 1.28. The van der Waals surface area contributed by atoms with Crippen molar-refractivity contribution in [3.63, 3.8) is 0 Å². The van der Waals surface area contributed by atoms with E-state index in [0.29, 0.717) is 16.9 Å². The highest BCUT2D eigenvalue weighted by Crippen LogP contribution is 2.00. The number of aromatic nitrogens is 2. The second-order valence-electron chi connectivity index (χ2n) is 2.98. The van der Waals surface area contributed by atoms with Gasteiger partial charge >= 0.3 is 0 Å². The Bertz CT molecular complexity index is 558. The zero-order valence-corrected chi connectivity index (χ0v) is 7.52. The Morgan fingerprint density at radius 2 is 2.21 bits per heavy atom. The minimum absolute atomic E-state index is 0.190. The van der Waals surface area contributed by atoms with Crippen LogP contribution in [-0.2, 0) is 4.79 Å². The SMILES string of the molecule is Cc1cc(=O)n2cc([C]=O)ccc2n1. The maximum absolute atomic E-state index is 11.5. The molecular formula is C10H7N2O2. The van der Waals surface area contributed by atoms with Gasteiger partial charge in [-0.15, -0.1) is 0 Å². The van der Waals surface area contributed by atoms with Crippen LogP contribution < -0.4 is 5.56 Å². The molecule has 0 saturated carbocycles. The van der Waals surface area contributed by atoms with Crippen LogP contribution in [-0.4, -0.2) is 15.7 Å². The molecule has 0 N–H and O–H groups in total. The van der Waals surface area contributed by atoms with Crippen LogP contribution in [0.5, 0.6) is 0 Å². The molecule has 0 aliphatic carbocycles. The third-order valence-corrected chi connectivity index (χ3v) is 1.91. The first-order chi connectivity index (χ1) is 6.70. The number of hydrogen-bond acceptors (Lipinski definition) is 3. The highest BCUT2D eigenvalue weighted by molar-refractivity contribution is 5.75. The first-order valence-electron chi connectivity index (χ1n) is 4.09. The van der Waals surface area contributed by atoms with E-state index < -0.39 is 0 Å². The van der Waals surface area contributed by atoms with Crippen molar-refractivity contribution in [1.29, 1.82) is 0 Å². The summed E-state index contributed by atoms with van der Waals surface area (Å²) in [6, 6.07) is 4.62. The zero-order valence-electron chi connectivity index (χ0n) is 7.52. The molecule has 0 bridgehead atoms. The van der Waals surface area contributed by atoms with E-state index in [9.17, 15) is 9.59 Å². The lowest BCUT2D eigenvalue weighted by Crippen LogP contribution is -2.14. The van der Waals surface area contributed by atoms with Gasteiger partial charge in [0.05, 0.1) is 0 Å². The quantitative estimate of drug-likeness (QED) is 0.651. The maximum Gasteiger partial charge on any atom is 0.258 e. The van der Waals surface area contributed by atoms with Gasteiger partial charge in [0.15, 0.2) is 0 Å². The Labute approximate surface area is 79.8 Å². The van der Waals surface area contributed by atoms with Gasteiger partial charge < -0.3 is 0 Å². The first kappa shape index (κ1) is 8.62. The van der Waals surface area contributed by atoms with Gasteiger partial charge in [-0.1, -0.05) is 0 Å². The highest BCUT2D eigenvalue weighted by Gasteiger charge is 2.00. The topological polar surface area (TPSA) is 51.4 Å². The molecule has 0 amide bonds. The predicted octanol–water partition coefficient (Wildman–Crippen LogP) is 0.461. The van der Waals surface area contributed by atoms with Gasteiger partial charge in [0.2, 0.25) is 6.29 Å². The lowest BCUT2D eigenvalue weighted by molar-refractivity contribution is 0.562. The summed E-state index contributed by atoms with van der Waals surface area (Å²) >= 11 is 0. The van der Waals surface area contributed by atoms with E-state index in [2.05, 4.69) is 4.98 Å². The molecule has 0 atom stereocenters. The number of carbonyl (C=O) groups excluding carboxylic acids is 1. The Morgan fingerprint density at radius 1 is 1.43 bits per heavy atom. The molecule has 14 heavy (non-hydrogen) atoms. The summed E-state index contributed by atoms with van der Waals surface area (Å²) in [7, 11) is 0. The Morgan fingerprint density at radius 3 is 2.93 bits per heavy atom. The summed E-state index contributed by atoms with van der Waals surface area (Å²) in [5.74, 6) is 0. The zero-order chi connectivity index (χ0) is 10.1. The van der Waals surface area contributed by atoms with Crippen LogP contribution in [0.2, 0.25) is 0 Å². The van der Waals surface area contributed by atoms with Gasteiger partial charge in [-0.2, -0.15) is 0 Å². The fraction of sp³-hybridized carbons (Fsp3) is 0.100. The molecule has 0 unspecified atom stereocenters.